The minimum Gasteiger partial charge on any atom is -0.354 e. The number of hydrogen-bond acceptors (Lipinski definition) is 6. The van der Waals surface area contributed by atoms with Gasteiger partial charge in [-0.3, -0.25) is 4.79 Å². The van der Waals surface area contributed by atoms with Crippen molar-refractivity contribution >= 4 is 5.82 Å². The van der Waals surface area contributed by atoms with E-state index < -0.39 is 0 Å². The number of hydrogen-bond donors (Lipinski definition) is 0. The van der Waals surface area contributed by atoms with E-state index in [-0.39, 0.29) is 5.56 Å². The van der Waals surface area contributed by atoms with E-state index in [1.807, 2.05) is 6.92 Å². The number of rotatable bonds is 3. The average Bonchev–Trinajstić information content (AvgIpc) is 2.59. The van der Waals surface area contributed by atoms with Crippen LogP contribution in [-0.4, -0.2) is 33.1 Å². The molecule has 2 aromatic rings. The highest BCUT2D eigenvalue weighted by molar-refractivity contribution is 5.52. The van der Waals surface area contributed by atoms with Gasteiger partial charge in [-0.25, -0.2) is 4.68 Å². The lowest BCUT2D eigenvalue weighted by molar-refractivity contribution is 0.333. The smallest absolute Gasteiger partial charge is 0.266 e. The standard InChI is InChI=1S/C16H18N6O/c1-12-2-3-15(23)22(20-12)11-13-5-8-21(9-6-13)16-14(10-17)4-7-18-19-16/h2-4,7,13H,5-6,8-9,11H2,1H3. The summed E-state index contributed by atoms with van der Waals surface area (Å²) in [5, 5.41) is 21.4. The predicted molar refractivity (Wildman–Crippen MR) is 84.9 cm³/mol. The molecular formula is C16H18N6O. The number of piperidine rings is 1. The van der Waals surface area contributed by atoms with Crippen molar-refractivity contribution in [1.29, 1.82) is 5.26 Å². The quantitative estimate of drug-likeness (QED) is 0.844. The summed E-state index contributed by atoms with van der Waals surface area (Å²) in [5.74, 6) is 1.06. The summed E-state index contributed by atoms with van der Waals surface area (Å²) in [5.41, 5.74) is 1.34. The molecule has 2 aromatic heterocycles. The highest BCUT2D eigenvalue weighted by atomic mass is 16.1. The number of anilines is 1. The van der Waals surface area contributed by atoms with Crippen LogP contribution in [0.5, 0.6) is 0 Å². The number of nitrogens with zero attached hydrogens (tertiary/aromatic N) is 6. The van der Waals surface area contributed by atoms with Gasteiger partial charge in [0.1, 0.15) is 6.07 Å². The summed E-state index contributed by atoms with van der Waals surface area (Å²) in [6, 6.07) is 7.14. The fraction of sp³-hybridized carbons (Fsp3) is 0.438. The molecule has 1 saturated heterocycles. The summed E-state index contributed by atoms with van der Waals surface area (Å²) in [6.07, 6.45) is 3.40. The van der Waals surface area contributed by atoms with Crippen molar-refractivity contribution in [2.24, 2.45) is 5.92 Å². The molecule has 1 fully saturated rings. The molecule has 0 radical (unpaired) electrons. The van der Waals surface area contributed by atoms with Crippen molar-refractivity contribution in [1.82, 2.24) is 20.0 Å². The Balaban J connectivity index is 1.66. The lowest BCUT2D eigenvalue weighted by Gasteiger charge is -2.32. The molecular weight excluding hydrogens is 292 g/mol. The average molecular weight is 310 g/mol. The Hall–Kier alpha value is -2.75. The Kier molecular flexibility index (Phi) is 4.33. The van der Waals surface area contributed by atoms with Gasteiger partial charge in [0.25, 0.3) is 5.56 Å². The molecule has 0 N–H and O–H groups in total. The third-order valence-electron chi connectivity index (χ3n) is 4.17. The summed E-state index contributed by atoms with van der Waals surface area (Å²) in [4.78, 5) is 13.9. The van der Waals surface area contributed by atoms with E-state index in [0.717, 1.165) is 31.6 Å². The highest BCUT2D eigenvalue weighted by Gasteiger charge is 2.23. The first-order valence-corrected chi connectivity index (χ1v) is 7.69. The lowest BCUT2D eigenvalue weighted by atomic mass is 9.96. The number of nitriles is 1. The minimum atomic E-state index is -0.0567. The van der Waals surface area contributed by atoms with Gasteiger partial charge in [-0.1, -0.05) is 0 Å². The first kappa shape index (κ1) is 15.2. The molecule has 0 bridgehead atoms. The van der Waals surface area contributed by atoms with Crippen molar-refractivity contribution in [3.63, 3.8) is 0 Å². The molecule has 3 heterocycles. The molecule has 0 aliphatic carbocycles. The molecule has 1 aliphatic rings. The SMILES string of the molecule is Cc1ccc(=O)n(CC2CCN(c3nnccc3C#N)CC2)n1. The molecule has 3 rings (SSSR count). The zero-order valence-corrected chi connectivity index (χ0v) is 13.0. The van der Waals surface area contributed by atoms with Crippen LogP contribution in [-0.2, 0) is 6.54 Å². The molecule has 23 heavy (non-hydrogen) atoms. The fourth-order valence-electron chi connectivity index (χ4n) is 2.90. The van der Waals surface area contributed by atoms with Crippen LogP contribution in [0.4, 0.5) is 5.82 Å². The lowest BCUT2D eigenvalue weighted by Crippen LogP contribution is -2.37. The molecule has 1 aliphatic heterocycles. The van der Waals surface area contributed by atoms with Crippen LogP contribution in [0.2, 0.25) is 0 Å². The minimum absolute atomic E-state index is 0.0567. The number of aryl methyl sites for hydroxylation is 1. The predicted octanol–water partition coefficient (Wildman–Crippen LogP) is 1.13. The number of aromatic nitrogens is 4. The van der Waals surface area contributed by atoms with Gasteiger partial charge in [0, 0.05) is 25.7 Å². The molecule has 0 spiro atoms. The summed E-state index contributed by atoms with van der Waals surface area (Å²) >= 11 is 0. The van der Waals surface area contributed by atoms with Crippen molar-refractivity contribution in [3.05, 3.63) is 46.0 Å². The Morgan fingerprint density at radius 3 is 2.83 bits per heavy atom. The van der Waals surface area contributed by atoms with Crippen molar-refractivity contribution in [2.45, 2.75) is 26.3 Å². The van der Waals surface area contributed by atoms with Crippen molar-refractivity contribution in [2.75, 3.05) is 18.0 Å². The van der Waals surface area contributed by atoms with Gasteiger partial charge in [-0.2, -0.15) is 15.5 Å². The summed E-state index contributed by atoms with van der Waals surface area (Å²) in [6.45, 7) is 4.13. The molecule has 7 nitrogen and oxygen atoms in total. The maximum Gasteiger partial charge on any atom is 0.266 e. The van der Waals surface area contributed by atoms with E-state index in [0.29, 0.717) is 23.8 Å². The summed E-state index contributed by atoms with van der Waals surface area (Å²) in [7, 11) is 0. The van der Waals surface area contributed by atoms with Crippen molar-refractivity contribution in [3.8, 4) is 6.07 Å². The Bertz CT molecular complexity index is 786. The zero-order valence-electron chi connectivity index (χ0n) is 13.0. The van der Waals surface area contributed by atoms with E-state index in [1.165, 1.54) is 6.20 Å². The topological polar surface area (TPSA) is 87.7 Å². The van der Waals surface area contributed by atoms with Crippen LogP contribution in [0.25, 0.3) is 0 Å². The second kappa shape index (κ2) is 6.57. The monoisotopic (exact) mass is 310 g/mol. The van der Waals surface area contributed by atoms with Crippen LogP contribution < -0.4 is 10.5 Å². The van der Waals surface area contributed by atoms with Gasteiger partial charge in [0.2, 0.25) is 0 Å². The van der Waals surface area contributed by atoms with Gasteiger partial charge < -0.3 is 4.90 Å². The Morgan fingerprint density at radius 1 is 1.30 bits per heavy atom. The van der Waals surface area contributed by atoms with Crippen LogP contribution in [0.3, 0.4) is 0 Å². The normalized spacial score (nSPS) is 15.4. The maximum atomic E-state index is 11.9. The molecule has 0 amide bonds. The Morgan fingerprint density at radius 2 is 2.09 bits per heavy atom. The largest absolute Gasteiger partial charge is 0.354 e. The fourth-order valence-corrected chi connectivity index (χ4v) is 2.90. The van der Waals surface area contributed by atoms with Crippen LogP contribution in [0.15, 0.2) is 29.2 Å². The molecule has 0 unspecified atom stereocenters. The van der Waals surface area contributed by atoms with Gasteiger partial charge in [-0.05, 0) is 37.8 Å². The molecule has 7 heteroatoms. The van der Waals surface area contributed by atoms with E-state index in [9.17, 15) is 4.79 Å². The third kappa shape index (κ3) is 3.37. The van der Waals surface area contributed by atoms with Crippen LogP contribution >= 0.6 is 0 Å². The second-order valence-electron chi connectivity index (χ2n) is 5.81. The third-order valence-corrected chi connectivity index (χ3v) is 4.17. The first-order valence-electron chi connectivity index (χ1n) is 7.69. The maximum absolute atomic E-state index is 11.9. The molecule has 0 saturated carbocycles. The van der Waals surface area contributed by atoms with Crippen molar-refractivity contribution < 1.29 is 0 Å². The van der Waals surface area contributed by atoms with E-state index in [1.54, 1.807) is 22.9 Å². The van der Waals surface area contributed by atoms with Crippen LogP contribution in [0.1, 0.15) is 24.1 Å². The van der Waals surface area contributed by atoms with Gasteiger partial charge >= 0.3 is 0 Å². The highest BCUT2D eigenvalue weighted by Crippen LogP contribution is 2.24. The summed E-state index contributed by atoms with van der Waals surface area (Å²) < 4.78 is 1.55. The zero-order chi connectivity index (χ0) is 16.2. The van der Waals surface area contributed by atoms with Crippen LogP contribution in [0, 0.1) is 24.2 Å². The van der Waals surface area contributed by atoms with Gasteiger partial charge in [-0.15, -0.1) is 5.10 Å². The van der Waals surface area contributed by atoms with E-state index >= 15 is 0 Å². The van der Waals surface area contributed by atoms with Gasteiger partial charge in [0.15, 0.2) is 5.82 Å². The Labute approximate surface area is 134 Å². The molecule has 118 valence electrons. The molecule has 0 atom stereocenters. The van der Waals surface area contributed by atoms with E-state index in [2.05, 4.69) is 26.3 Å². The van der Waals surface area contributed by atoms with E-state index in [4.69, 9.17) is 5.26 Å². The molecule has 0 aromatic carbocycles. The second-order valence-corrected chi connectivity index (χ2v) is 5.81. The van der Waals surface area contributed by atoms with Gasteiger partial charge in [0.05, 0.1) is 17.5 Å². The first-order chi connectivity index (χ1) is 11.2.